The first kappa shape index (κ1) is 32.9. The summed E-state index contributed by atoms with van der Waals surface area (Å²) < 4.78 is 5.51. The summed E-state index contributed by atoms with van der Waals surface area (Å²) in [4.78, 5) is 43.2. The maximum absolute atomic E-state index is 13.9. The molecule has 0 bridgehead atoms. The summed E-state index contributed by atoms with van der Waals surface area (Å²) in [5, 5.41) is 9.27. The number of hydrogen-bond donors (Lipinski definition) is 3. The molecule has 3 fully saturated rings. The van der Waals surface area contributed by atoms with Crippen molar-refractivity contribution >= 4 is 23.8 Å². The number of benzene rings is 2. The summed E-state index contributed by atoms with van der Waals surface area (Å²) in [5.41, 5.74) is 1.98. The van der Waals surface area contributed by atoms with Gasteiger partial charge in [0.25, 0.3) is 0 Å². The molecule has 45 heavy (non-hydrogen) atoms. The molecule has 0 spiro atoms. The van der Waals surface area contributed by atoms with Crippen LogP contribution in [0.3, 0.4) is 0 Å². The van der Waals surface area contributed by atoms with Crippen LogP contribution in [0.1, 0.15) is 68.1 Å². The molecular weight excluding hydrogens is 564 g/mol. The van der Waals surface area contributed by atoms with Crippen molar-refractivity contribution in [2.24, 2.45) is 11.8 Å². The summed E-state index contributed by atoms with van der Waals surface area (Å²) in [6.07, 6.45) is 10.9. The van der Waals surface area contributed by atoms with Gasteiger partial charge in [-0.1, -0.05) is 67.4 Å². The van der Waals surface area contributed by atoms with Crippen molar-refractivity contribution in [3.8, 4) is 0 Å². The van der Waals surface area contributed by atoms with E-state index in [1.54, 1.807) is 6.08 Å². The lowest BCUT2D eigenvalue weighted by molar-refractivity contribution is -0.135. The van der Waals surface area contributed by atoms with Gasteiger partial charge in [0, 0.05) is 38.8 Å². The zero-order chi connectivity index (χ0) is 31.5. The van der Waals surface area contributed by atoms with Gasteiger partial charge in [-0.3, -0.25) is 14.4 Å². The summed E-state index contributed by atoms with van der Waals surface area (Å²) in [7, 11) is 0. The second kappa shape index (κ2) is 16.2. The average molecular weight is 615 g/mol. The normalized spacial score (nSPS) is 20.1. The number of amides is 3. The van der Waals surface area contributed by atoms with Crippen molar-refractivity contribution in [3.63, 3.8) is 0 Å². The molecule has 3 amide bonds. The first-order valence-electron chi connectivity index (χ1n) is 16.9. The summed E-state index contributed by atoms with van der Waals surface area (Å²) in [5.74, 6) is 0.399. The number of aryl methyl sites for hydroxylation is 1. The van der Waals surface area contributed by atoms with E-state index in [9.17, 15) is 14.4 Å². The Hall–Kier alpha value is -3.49. The predicted octanol–water partition coefficient (Wildman–Crippen LogP) is 4.42. The van der Waals surface area contributed by atoms with Crippen LogP contribution in [0.5, 0.6) is 0 Å². The Labute approximate surface area is 268 Å². The van der Waals surface area contributed by atoms with Crippen LogP contribution in [0.2, 0.25) is 0 Å². The summed E-state index contributed by atoms with van der Waals surface area (Å²) >= 11 is 0. The molecule has 1 aliphatic carbocycles. The molecule has 3 aliphatic rings. The van der Waals surface area contributed by atoms with E-state index < -0.39 is 11.6 Å². The molecule has 2 heterocycles. The first-order chi connectivity index (χ1) is 21.9. The van der Waals surface area contributed by atoms with Crippen molar-refractivity contribution in [3.05, 3.63) is 77.4 Å². The second-order valence-electron chi connectivity index (χ2n) is 13.2. The molecule has 0 radical (unpaired) electrons. The zero-order valence-electron chi connectivity index (χ0n) is 26.8. The van der Waals surface area contributed by atoms with E-state index >= 15 is 0 Å². The topological polar surface area (TPSA) is 99.8 Å². The van der Waals surface area contributed by atoms with Crippen molar-refractivity contribution in [1.29, 1.82) is 0 Å². The Bertz CT molecular complexity index is 1290. The third-order valence-corrected chi connectivity index (χ3v) is 9.89. The Morgan fingerprint density at radius 3 is 2.33 bits per heavy atom. The number of likely N-dealkylation sites (tertiary alicyclic amines) is 1. The molecule has 2 saturated heterocycles. The molecule has 2 aliphatic heterocycles. The molecule has 3 N–H and O–H groups in total. The number of carbonyl (C=O) groups is 3. The fraction of sp³-hybridized carbons (Fsp3) is 0.541. The van der Waals surface area contributed by atoms with Crippen LogP contribution < -0.4 is 16.0 Å². The molecule has 0 unspecified atom stereocenters. The molecule has 8 heteroatoms. The van der Waals surface area contributed by atoms with Gasteiger partial charge in [0.05, 0.1) is 0 Å². The minimum atomic E-state index is -1.03. The van der Waals surface area contributed by atoms with E-state index in [2.05, 4.69) is 20.9 Å². The number of hydrogen-bond acceptors (Lipinski definition) is 5. The van der Waals surface area contributed by atoms with Crippen LogP contribution in [0.15, 0.2) is 60.7 Å². The van der Waals surface area contributed by atoms with Crippen molar-refractivity contribution in [1.82, 2.24) is 20.9 Å². The highest BCUT2D eigenvalue weighted by Gasteiger charge is 2.43. The molecule has 242 valence electrons. The lowest BCUT2D eigenvalue weighted by Gasteiger charge is -2.35. The van der Waals surface area contributed by atoms with Gasteiger partial charge in [-0.25, -0.2) is 0 Å². The highest BCUT2D eigenvalue weighted by molar-refractivity contribution is 5.99. The Morgan fingerprint density at radius 2 is 1.62 bits per heavy atom. The number of rotatable bonds is 12. The number of ether oxygens (including phenoxy) is 1. The van der Waals surface area contributed by atoms with Crippen LogP contribution in [-0.4, -0.2) is 73.6 Å². The van der Waals surface area contributed by atoms with Gasteiger partial charge in [-0.05, 0) is 93.1 Å². The van der Waals surface area contributed by atoms with Gasteiger partial charge in [-0.2, -0.15) is 0 Å². The first-order valence-corrected chi connectivity index (χ1v) is 16.9. The summed E-state index contributed by atoms with van der Waals surface area (Å²) in [6.45, 7) is 7.63. The van der Waals surface area contributed by atoms with Gasteiger partial charge in [0.1, 0.15) is 11.6 Å². The van der Waals surface area contributed by atoms with Gasteiger partial charge >= 0.3 is 0 Å². The van der Waals surface area contributed by atoms with Crippen LogP contribution in [0.25, 0.3) is 6.08 Å². The standard InChI is InChI=1S/C37H50N4O4/c1-28-9-5-6-12-32(28)13-14-34(42)40-37(19-7-8-20-37)36(44)39-33(25-29-10-3-2-4-11-29)35(43)38-26-30-15-21-41(22-16-30)27-31-17-23-45-24-18-31/h2-6,9-14,30-31,33H,7-8,15-27H2,1H3,(H,38,43)(H,39,44)(H,40,42)/b14-13+/t33-/m1/s1. The van der Waals surface area contributed by atoms with Gasteiger partial charge in [0.15, 0.2) is 0 Å². The van der Waals surface area contributed by atoms with Gasteiger partial charge in [-0.15, -0.1) is 0 Å². The van der Waals surface area contributed by atoms with E-state index in [4.69, 9.17) is 4.74 Å². The Morgan fingerprint density at radius 1 is 0.933 bits per heavy atom. The largest absolute Gasteiger partial charge is 0.381 e. The Kier molecular flexibility index (Phi) is 11.8. The quantitative estimate of drug-likeness (QED) is 0.308. The molecule has 5 rings (SSSR count). The predicted molar refractivity (Wildman–Crippen MR) is 177 cm³/mol. The van der Waals surface area contributed by atoms with Crippen molar-refractivity contribution in [2.75, 3.05) is 39.4 Å². The SMILES string of the molecule is Cc1ccccc1/C=C/C(=O)NC1(C(=O)N[C@H](Cc2ccccc2)C(=O)NCC2CCN(CC3CCOCC3)CC2)CCCC1. The number of nitrogens with zero attached hydrogens (tertiary/aromatic N) is 1. The maximum atomic E-state index is 13.9. The van der Waals surface area contributed by atoms with E-state index in [-0.39, 0.29) is 17.7 Å². The second-order valence-corrected chi connectivity index (χ2v) is 13.2. The number of nitrogens with one attached hydrogen (secondary N) is 3. The third kappa shape index (κ3) is 9.50. The van der Waals surface area contributed by atoms with Crippen LogP contribution in [0, 0.1) is 18.8 Å². The minimum absolute atomic E-state index is 0.171. The fourth-order valence-electron chi connectivity index (χ4n) is 6.99. The van der Waals surface area contributed by atoms with Gasteiger partial charge < -0.3 is 25.6 Å². The van der Waals surface area contributed by atoms with E-state index in [0.29, 0.717) is 31.7 Å². The van der Waals surface area contributed by atoms with Crippen molar-refractivity contribution in [2.45, 2.75) is 76.3 Å². The average Bonchev–Trinajstić information content (AvgIpc) is 3.54. The van der Waals surface area contributed by atoms with Crippen LogP contribution in [-0.2, 0) is 25.5 Å². The third-order valence-electron chi connectivity index (χ3n) is 9.89. The lowest BCUT2D eigenvalue weighted by Crippen LogP contribution is -2.61. The molecule has 2 aromatic rings. The lowest BCUT2D eigenvalue weighted by atomic mass is 9.93. The number of carbonyl (C=O) groups excluding carboxylic acids is 3. The molecule has 1 saturated carbocycles. The van der Waals surface area contributed by atoms with Crippen molar-refractivity contribution < 1.29 is 19.1 Å². The fourth-order valence-corrected chi connectivity index (χ4v) is 6.99. The highest BCUT2D eigenvalue weighted by Crippen LogP contribution is 2.30. The molecule has 0 aromatic heterocycles. The zero-order valence-corrected chi connectivity index (χ0v) is 26.8. The number of piperidine rings is 1. The smallest absolute Gasteiger partial charge is 0.246 e. The highest BCUT2D eigenvalue weighted by atomic mass is 16.5. The van der Waals surface area contributed by atoms with Crippen LogP contribution in [0.4, 0.5) is 0 Å². The van der Waals surface area contributed by atoms with E-state index in [1.165, 1.54) is 6.08 Å². The van der Waals surface area contributed by atoms with E-state index in [0.717, 1.165) is 94.0 Å². The molecular formula is C37H50N4O4. The van der Waals surface area contributed by atoms with E-state index in [1.807, 2.05) is 61.5 Å². The Balaban J connectivity index is 1.18. The molecule has 1 atom stereocenters. The minimum Gasteiger partial charge on any atom is -0.381 e. The maximum Gasteiger partial charge on any atom is 0.246 e. The molecule has 8 nitrogen and oxygen atoms in total. The van der Waals surface area contributed by atoms with Crippen LogP contribution >= 0.6 is 0 Å². The summed E-state index contributed by atoms with van der Waals surface area (Å²) in [6, 6.07) is 16.9. The monoisotopic (exact) mass is 614 g/mol. The molecule has 2 aromatic carbocycles. The van der Waals surface area contributed by atoms with Gasteiger partial charge in [0.2, 0.25) is 17.7 Å².